The zero-order valence-corrected chi connectivity index (χ0v) is 13.9. The molecule has 8 heteroatoms. The van der Waals surface area contributed by atoms with E-state index in [0.717, 1.165) is 9.78 Å². The van der Waals surface area contributed by atoms with Gasteiger partial charge >= 0.3 is 17.8 Å². The Bertz CT molecular complexity index is 612. The molecule has 1 aliphatic heterocycles. The van der Waals surface area contributed by atoms with Crippen molar-refractivity contribution in [1.29, 1.82) is 0 Å². The second kappa shape index (κ2) is 7.36. The Labute approximate surface area is 138 Å². The van der Waals surface area contributed by atoms with Gasteiger partial charge in [-0.15, -0.1) is 11.3 Å². The highest BCUT2D eigenvalue weighted by molar-refractivity contribution is 7.09. The van der Waals surface area contributed by atoms with Gasteiger partial charge in [0.15, 0.2) is 0 Å². The molecule has 0 spiro atoms. The van der Waals surface area contributed by atoms with Gasteiger partial charge < -0.3 is 5.32 Å². The first-order valence-corrected chi connectivity index (χ1v) is 8.24. The smallest absolute Gasteiger partial charge is 0.334 e. The highest BCUT2D eigenvalue weighted by atomic mass is 32.1. The van der Waals surface area contributed by atoms with Gasteiger partial charge in [0.1, 0.15) is 6.54 Å². The number of amides is 5. The number of nitrogens with one attached hydrogen (secondary N) is 1. The summed E-state index contributed by atoms with van der Waals surface area (Å²) >= 11 is 1.59. The standard InChI is InChI=1S/C15H19N3O4S/c1-10(2)8-17-13(20)14(21)18(15(17)22)9-12(19)16-6-5-11-4-3-7-23-11/h3-4,7,10H,5-6,8-9H2,1-2H3,(H,16,19). The van der Waals surface area contributed by atoms with Crippen molar-refractivity contribution in [1.82, 2.24) is 15.1 Å². The summed E-state index contributed by atoms with van der Waals surface area (Å²) in [4.78, 5) is 50.3. The summed E-state index contributed by atoms with van der Waals surface area (Å²) in [5.41, 5.74) is 0. The topological polar surface area (TPSA) is 86.8 Å². The highest BCUT2D eigenvalue weighted by Gasteiger charge is 2.45. The predicted molar refractivity (Wildman–Crippen MR) is 84.7 cm³/mol. The van der Waals surface area contributed by atoms with Gasteiger partial charge in [0.05, 0.1) is 0 Å². The Balaban J connectivity index is 1.86. The molecule has 5 amide bonds. The molecular formula is C15H19N3O4S. The molecule has 0 aromatic carbocycles. The van der Waals surface area contributed by atoms with Crippen LogP contribution in [0.1, 0.15) is 18.7 Å². The Morgan fingerprint density at radius 2 is 1.91 bits per heavy atom. The maximum absolute atomic E-state index is 12.1. The molecule has 2 heterocycles. The SMILES string of the molecule is CC(C)CN1C(=O)C(=O)N(CC(=O)NCCc2cccs2)C1=O. The normalized spacial score (nSPS) is 15.0. The maximum atomic E-state index is 12.1. The van der Waals surface area contributed by atoms with E-state index in [4.69, 9.17) is 0 Å². The molecule has 1 N–H and O–H groups in total. The van der Waals surface area contributed by atoms with Crippen molar-refractivity contribution in [2.75, 3.05) is 19.6 Å². The number of hydrogen-bond acceptors (Lipinski definition) is 5. The summed E-state index contributed by atoms with van der Waals surface area (Å²) in [5, 5.41) is 4.60. The average molecular weight is 337 g/mol. The van der Waals surface area contributed by atoms with Crippen LogP contribution >= 0.6 is 11.3 Å². The maximum Gasteiger partial charge on any atom is 0.334 e. The summed E-state index contributed by atoms with van der Waals surface area (Å²) in [6, 6.07) is 3.17. The minimum absolute atomic E-state index is 0.0512. The van der Waals surface area contributed by atoms with Gasteiger partial charge in [0.2, 0.25) is 5.91 Å². The largest absolute Gasteiger partial charge is 0.354 e. The Kier molecular flexibility index (Phi) is 5.49. The van der Waals surface area contributed by atoms with Gasteiger partial charge in [0, 0.05) is 18.0 Å². The zero-order valence-electron chi connectivity index (χ0n) is 13.1. The molecule has 1 saturated heterocycles. The average Bonchev–Trinajstić information content (AvgIpc) is 3.06. The summed E-state index contributed by atoms with van der Waals surface area (Å²) in [7, 11) is 0. The van der Waals surface area contributed by atoms with Crippen LogP contribution in [-0.4, -0.2) is 53.2 Å². The van der Waals surface area contributed by atoms with Crippen LogP contribution in [0, 0.1) is 5.92 Å². The van der Waals surface area contributed by atoms with Crippen LogP contribution in [0.3, 0.4) is 0 Å². The van der Waals surface area contributed by atoms with Gasteiger partial charge in [-0.2, -0.15) is 0 Å². The number of urea groups is 1. The van der Waals surface area contributed by atoms with Crippen molar-refractivity contribution in [2.45, 2.75) is 20.3 Å². The van der Waals surface area contributed by atoms with Crippen LogP contribution in [0.25, 0.3) is 0 Å². The molecule has 124 valence electrons. The van der Waals surface area contributed by atoms with Crippen molar-refractivity contribution >= 4 is 35.1 Å². The first-order valence-electron chi connectivity index (χ1n) is 7.36. The molecule has 0 aliphatic carbocycles. The second-order valence-corrected chi connectivity index (χ2v) is 6.70. The molecule has 23 heavy (non-hydrogen) atoms. The van der Waals surface area contributed by atoms with Gasteiger partial charge in [-0.1, -0.05) is 19.9 Å². The van der Waals surface area contributed by atoms with Crippen molar-refractivity contribution in [3.8, 4) is 0 Å². The van der Waals surface area contributed by atoms with E-state index in [9.17, 15) is 19.2 Å². The van der Waals surface area contributed by atoms with Crippen molar-refractivity contribution in [3.63, 3.8) is 0 Å². The van der Waals surface area contributed by atoms with Gasteiger partial charge in [-0.25, -0.2) is 9.69 Å². The summed E-state index contributed by atoms with van der Waals surface area (Å²) in [5.74, 6) is -2.21. The van der Waals surface area contributed by atoms with Crippen molar-refractivity contribution in [3.05, 3.63) is 22.4 Å². The number of imide groups is 2. The van der Waals surface area contributed by atoms with E-state index in [1.54, 1.807) is 11.3 Å². The molecule has 1 aliphatic rings. The van der Waals surface area contributed by atoms with Gasteiger partial charge in [-0.05, 0) is 23.8 Å². The summed E-state index contributed by atoms with van der Waals surface area (Å²) in [6.45, 7) is 3.83. The lowest BCUT2D eigenvalue weighted by atomic mass is 10.2. The number of carbonyl (C=O) groups excluding carboxylic acids is 4. The van der Waals surface area contributed by atoms with E-state index in [1.165, 1.54) is 0 Å². The zero-order chi connectivity index (χ0) is 17.0. The number of thiophene rings is 1. The molecule has 0 radical (unpaired) electrons. The third kappa shape index (κ3) is 4.16. The predicted octanol–water partition coefficient (Wildman–Crippen LogP) is 0.854. The van der Waals surface area contributed by atoms with Crippen LogP contribution in [-0.2, 0) is 20.8 Å². The van der Waals surface area contributed by atoms with E-state index in [1.807, 2.05) is 31.4 Å². The van der Waals surface area contributed by atoms with Crippen LogP contribution < -0.4 is 5.32 Å². The molecule has 1 aromatic heterocycles. The third-order valence-corrected chi connectivity index (χ3v) is 4.19. The molecule has 1 fully saturated rings. The lowest BCUT2D eigenvalue weighted by molar-refractivity contribution is -0.144. The van der Waals surface area contributed by atoms with E-state index in [-0.39, 0.29) is 12.5 Å². The highest BCUT2D eigenvalue weighted by Crippen LogP contribution is 2.14. The third-order valence-electron chi connectivity index (χ3n) is 3.26. The molecular weight excluding hydrogens is 318 g/mol. The molecule has 1 aromatic rings. The number of hydrogen-bond donors (Lipinski definition) is 1. The van der Waals surface area contributed by atoms with Crippen LogP contribution in [0.4, 0.5) is 4.79 Å². The number of carbonyl (C=O) groups is 4. The second-order valence-electron chi connectivity index (χ2n) is 5.66. The van der Waals surface area contributed by atoms with Gasteiger partial charge in [-0.3, -0.25) is 19.3 Å². The Morgan fingerprint density at radius 1 is 1.22 bits per heavy atom. The van der Waals surface area contributed by atoms with Crippen LogP contribution in [0.2, 0.25) is 0 Å². The lowest BCUT2D eigenvalue weighted by Gasteiger charge is -2.16. The Hall–Kier alpha value is -2.22. The monoisotopic (exact) mass is 337 g/mol. The fraction of sp³-hybridized carbons (Fsp3) is 0.467. The minimum Gasteiger partial charge on any atom is -0.354 e. The van der Waals surface area contributed by atoms with Crippen LogP contribution in [0.5, 0.6) is 0 Å². The molecule has 7 nitrogen and oxygen atoms in total. The lowest BCUT2D eigenvalue weighted by Crippen LogP contribution is -2.42. The molecule has 0 saturated carbocycles. The molecule has 0 unspecified atom stereocenters. The van der Waals surface area contributed by atoms with Crippen molar-refractivity contribution < 1.29 is 19.2 Å². The molecule has 2 rings (SSSR count). The fourth-order valence-corrected chi connectivity index (χ4v) is 2.90. The molecule has 0 bridgehead atoms. The number of rotatable bonds is 7. The quantitative estimate of drug-likeness (QED) is 0.590. The first kappa shape index (κ1) is 17.1. The van der Waals surface area contributed by atoms with E-state index < -0.39 is 30.3 Å². The Morgan fingerprint density at radius 3 is 2.52 bits per heavy atom. The van der Waals surface area contributed by atoms with E-state index in [0.29, 0.717) is 17.9 Å². The number of nitrogens with zero attached hydrogens (tertiary/aromatic N) is 2. The van der Waals surface area contributed by atoms with Gasteiger partial charge in [0.25, 0.3) is 0 Å². The summed E-state index contributed by atoms with van der Waals surface area (Å²) < 4.78 is 0. The fourth-order valence-electron chi connectivity index (χ4n) is 2.20. The summed E-state index contributed by atoms with van der Waals surface area (Å²) in [6.07, 6.45) is 0.684. The first-order chi connectivity index (χ1) is 10.9. The van der Waals surface area contributed by atoms with Crippen molar-refractivity contribution in [2.24, 2.45) is 5.92 Å². The molecule has 0 atom stereocenters. The van der Waals surface area contributed by atoms with E-state index in [2.05, 4.69) is 5.32 Å². The van der Waals surface area contributed by atoms with E-state index >= 15 is 0 Å². The van der Waals surface area contributed by atoms with Crippen LogP contribution in [0.15, 0.2) is 17.5 Å². The minimum atomic E-state index is -0.941.